The summed E-state index contributed by atoms with van der Waals surface area (Å²) < 4.78 is 0. The fourth-order valence-electron chi connectivity index (χ4n) is 4.24. The predicted octanol–water partition coefficient (Wildman–Crippen LogP) is 4.27. The van der Waals surface area contributed by atoms with E-state index in [0.717, 1.165) is 52.6 Å². The molecule has 6 heteroatoms. The molecule has 0 saturated carbocycles. The van der Waals surface area contributed by atoms with E-state index in [4.69, 9.17) is 0 Å². The van der Waals surface area contributed by atoms with Crippen LogP contribution in [-0.2, 0) is 4.79 Å². The first-order valence-corrected chi connectivity index (χ1v) is 10.0. The van der Waals surface area contributed by atoms with Gasteiger partial charge in [-0.25, -0.2) is 0 Å². The molecule has 2 aromatic carbocycles. The average Bonchev–Trinajstić information content (AvgIpc) is 3.23. The molecule has 1 saturated heterocycles. The van der Waals surface area contributed by atoms with Crippen molar-refractivity contribution in [2.75, 3.05) is 23.3 Å². The molecule has 29 heavy (non-hydrogen) atoms. The van der Waals surface area contributed by atoms with Crippen LogP contribution in [0.2, 0.25) is 0 Å². The maximum atomic E-state index is 13.0. The first-order chi connectivity index (χ1) is 14.2. The number of rotatable bonds is 3. The van der Waals surface area contributed by atoms with Crippen molar-refractivity contribution in [1.29, 1.82) is 0 Å². The monoisotopic (exact) mass is 385 g/mol. The summed E-state index contributed by atoms with van der Waals surface area (Å²) in [5, 5.41) is 12.3. The van der Waals surface area contributed by atoms with Crippen molar-refractivity contribution in [2.45, 2.75) is 19.8 Å². The molecule has 1 unspecified atom stereocenters. The Bertz CT molecular complexity index is 1200. The third-order valence-corrected chi connectivity index (χ3v) is 5.74. The van der Waals surface area contributed by atoms with Gasteiger partial charge in [0.1, 0.15) is 0 Å². The number of carbonyl (C=O) groups is 1. The smallest absolute Gasteiger partial charge is 0.229 e. The van der Waals surface area contributed by atoms with E-state index < -0.39 is 0 Å². The van der Waals surface area contributed by atoms with E-state index in [2.05, 4.69) is 56.6 Å². The van der Waals surface area contributed by atoms with Gasteiger partial charge in [-0.15, -0.1) is 0 Å². The molecule has 0 aliphatic carbocycles. The second-order valence-electron chi connectivity index (χ2n) is 7.76. The number of hydrogen-bond acceptors (Lipinski definition) is 4. The third-order valence-electron chi connectivity index (χ3n) is 5.74. The van der Waals surface area contributed by atoms with Crippen molar-refractivity contribution in [1.82, 2.24) is 15.2 Å². The topological polar surface area (TPSA) is 73.9 Å². The molecule has 1 fully saturated rings. The average molecular weight is 385 g/mol. The molecule has 2 aromatic heterocycles. The Morgan fingerprint density at radius 3 is 3.10 bits per heavy atom. The molecule has 0 radical (unpaired) electrons. The largest absolute Gasteiger partial charge is 0.370 e. The van der Waals surface area contributed by atoms with Crippen LogP contribution in [0.5, 0.6) is 0 Å². The molecule has 1 aliphatic heterocycles. The first kappa shape index (κ1) is 17.7. The van der Waals surface area contributed by atoms with Crippen molar-refractivity contribution >= 4 is 39.1 Å². The Morgan fingerprint density at radius 1 is 1.24 bits per heavy atom. The number of anilines is 2. The summed E-state index contributed by atoms with van der Waals surface area (Å²) in [5.74, 6) is 0.00120. The number of aromatic nitrogens is 3. The van der Waals surface area contributed by atoms with E-state index in [1.54, 1.807) is 6.20 Å². The molecule has 3 heterocycles. The Hall–Kier alpha value is -3.41. The van der Waals surface area contributed by atoms with Gasteiger partial charge in [0.15, 0.2) is 0 Å². The standard InChI is InChI=1S/C23H23N5O/c1-15-7-8-19-18(12-15)21(9-10-24-19)28-11-3-5-17(14-28)23(29)26-20-6-2-4-16-13-25-27-22(16)20/h2,4,6-10,12-13,17H,3,5,11,14H2,1H3,(H,25,27)(H,26,29). The molecule has 0 bridgehead atoms. The quantitative estimate of drug-likeness (QED) is 0.552. The van der Waals surface area contributed by atoms with E-state index in [1.807, 2.05) is 24.4 Å². The van der Waals surface area contributed by atoms with E-state index in [9.17, 15) is 4.79 Å². The van der Waals surface area contributed by atoms with Gasteiger partial charge in [0, 0.05) is 35.7 Å². The summed E-state index contributed by atoms with van der Waals surface area (Å²) in [4.78, 5) is 19.9. The van der Waals surface area contributed by atoms with E-state index in [0.29, 0.717) is 6.54 Å². The summed E-state index contributed by atoms with van der Waals surface area (Å²) in [6.45, 7) is 3.75. The number of carbonyl (C=O) groups excluding carboxylic acids is 1. The summed E-state index contributed by atoms with van der Waals surface area (Å²) in [7, 11) is 0. The second-order valence-corrected chi connectivity index (χ2v) is 7.76. The minimum Gasteiger partial charge on any atom is -0.370 e. The molecule has 1 aliphatic rings. The number of amides is 1. The number of nitrogens with one attached hydrogen (secondary N) is 2. The Morgan fingerprint density at radius 2 is 2.17 bits per heavy atom. The summed E-state index contributed by atoms with van der Waals surface area (Å²) >= 11 is 0. The number of H-pyrrole nitrogens is 1. The highest BCUT2D eigenvalue weighted by atomic mass is 16.1. The Labute approximate surface area is 168 Å². The van der Waals surface area contributed by atoms with Crippen molar-refractivity contribution in [3.8, 4) is 0 Å². The predicted molar refractivity (Wildman–Crippen MR) is 116 cm³/mol. The van der Waals surface area contributed by atoms with Crippen LogP contribution < -0.4 is 10.2 Å². The third kappa shape index (κ3) is 3.31. The molecular formula is C23H23N5O. The number of nitrogens with zero attached hydrogens (tertiary/aromatic N) is 3. The fraction of sp³-hybridized carbons (Fsp3) is 0.261. The van der Waals surface area contributed by atoms with Gasteiger partial charge < -0.3 is 10.2 Å². The van der Waals surface area contributed by atoms with Crippen molar-refractivity contribution in [3.63, 3.8) is 0 Å². The molecule has 6 nitrogen and oxygen atoms in total. The van der Waals surface area contributed by atoms with Crippen LogP contribution in [0.15, 0.2) is 54.9 Å². The minimum atomic E-state index is -0.0602. The Kier molecular flexibility index (Phi) is 4.39. The normalized spacial score (nSPS) is 17.0. The first-order valence-electron chi connectivity index (χ1n) is 10.0. The number of fused-ring (bicyclic) bond motifs is 2. The zero-order chi connectivity index (χ0) is 19.8. The van der Waals surface area contributed by atoms with Gasteiger partial charge in [-0.05, 0) is 44.0 Å². The zero-order valence-corrected chi connectivity index (χ0v) is 16.4. The van der Waals surface area contributed by atoms with E-state index >= 15 is 0 Å². The van der Waals surface area contributed by atoms with Crippen LogP contribution in [0.3, 0.4) is 0 Å². The van der Waals surface area contributed by atoms with Crippen molar-refractivity contribution in [3.05, 3.63) is 60.4 Å². The summed E-state index contributed by atoms with van der Waals surface area (Å²) in [6.07, 6.45) is 5.50. The number of aryl methyl sites for hydroxylation is 1. The van der Waals surface area contributed by atoms with E-state index in [-0.39, 0.29) is 11.8 Å². The highest BCUT2D eigenvalue weighted by molar-refractivity contribution is 6.01. The SMILES string of the molecule is Cc1ccc2nccc(N3CCCC(C(=O)Nc4cccc5cn[nH]c45)C3)c2c1. The lowest BCUT2D eigenvalue weighted by Crippen LogP contribution is -2.40. The molecular weight excluding hydrogens is 362 g/mol. The highest BCUT2D eigenvalue weighted by Gasteiger charge is 2.27. The van der Waals surface area contributed by atoms with Crippen LogP contribution in [0.4, 0.5) is 11.4 Å². The summed E-state index contributed by atoms with van der Waals surface area (Å²) in [6, 6.07) is 14.2. The van der Waals surface area contributed by atoms with Crippen LogP contribution >= 0.6 is 0 Å². The van der Waals surface area contributed by atoms with Gasteiger partial charge in [-0.1, -0.05) is 23.8 Å². The highest BCUT2D eigenvalue weighted by Crippen LogP contribution is 2.31. The van der Waals surface area contributed by atoms with Crippen LogP contribution in [0.1, 0.15) is 18.4 Å². The minimum absolute atomic E-state index is 0.0602. The van der Waals surface area contributed by atoms with Crippen LogP contribution in [0.25, 0.3) is 21.8 Å². The number of aromatic amines is 1. The van der Waals surface area contributed by atoms with Gasteiger partial charge in [-0.3, -0.25) is 14.9 Å². The zero-order valence-electron chi connectivity index (χ0n) is 16.4. The number of piperidine rings is 1. The van der Waals surface area contributed by atoms with Gasteiger partial charge >= 0.3 is 0 Å². The number of benzene rings is 2. The maximum Gasteiger partial charge on any atom is 0.229 e. The fourth-order valence-corrected chi connectivity index (χ4v) is 4.24. The summed E-state index contributed by atoms with van der Waals surface area (Å²) in [5.41, 5.74) is 5.01. The molecule has 146 valence electrons. The van der Waals surface area contributed by atoms with Gasteiger partial charge in [0.05, 0.1) is 28.8 Å². The van der Waals surface area contributed by atoms with Crippen LogP contribution in [0, 0.1) is 12.8 Å². The molecule has 4 aromatic rings. The number of hydrogen-bond donors (Lipinski definition) is 2. The van der Waals surface area contributed by atoms with Gasteiger partial charge in [0.25, 0.3) is 0 Å². The second kappa shape index (κ2) is 7.20. The lowest BCUT2D eigenvalue weighted by atomic mass is 9.96. The maximum absolute atomic E-state index is 13.0. The molecule has 2 N–H and O–H groups in total. The number of pyridine rings is 1. The van der Waals surface area contributed by atoms with E-state index in [1.165, 1.54) is 5.56 Å². The molecule has 5 rings (SSSR count). The van der Waals surface area contributed by atoms with Gasteiger partial charge in [0.2, 0.25) is 5.91 Å². The van der Waals surface area contributed by atoms with Crippen molar-refractivity contribution in [2.24, 2.45) is 5.92 Å². The number of para-hydroxylation sites is 1. The van der Waals surface area contributed by atoms with Crippen molar-refractivity contribution < 1.29 is 4.79 Å². The lowest BCUT2D eigenvalue weighted by molar-refractivity contribution is -0.120. The molecule has 1 amide bonds. The molecule has 1 atom stereocenters. The van der Waals surface area contributed by atoms with Gasteiger partial charge in [-0.2, -0.15) is 5.10 Å². The Balaban J connectivity index is 1.39. The lowest BCUT2D eigenvalue weighted by Gasteiger charge is -2.34. The van der Waals surface area contributed by atoms with Crippen LogP contribution in [-0.4, -0.2) is 34.2 Å². The molecule has 0 spiro atoms.